The molecule has 0 radical (unpaired) electrons. The summed E-state index contributed by atoms with van der Waals surface area (Å²) in [6.45, 7) is 4.20. The van der Waals surface area contributed by atoms with Gasteiger partial charge in [-0.05, 0) is 31.8 Å². The molecule has 2 N–H and O–H groups in total. The van der Waals surface area contributed by atoms with Gasteiger partial charge >= 0.3 is 24.3 Å². The number of carboxylic acid groups (broad SMARTS) is 2. The summed E-state index contributed by atoms with van der Waals surface area (Å²) < 4.78 is 63.5. The quantitative estimate of drug-likeness (QED) is 0.666. The van der Waals surface area contributed by atoms with Gasteiger partial charge in [-0.3, -0.25) is 0 Å². The summed E-state index contributed by atoms with van der Waals surface area (Å²) in [7, 11) is 0. The molecule has 2 aliphatic heterocycles. The highest BCUT2D eigenvalue weighted by atomic mass is 19.4. The van der Waals surface area contributed by atoms with Crippen LogP contribution in [-0.4, -0.2) is 59.0 Å². The smallest absolute Gasteiger partial charge is 0.475 e. The molecule has 2 aliphatic rings. The first-order valence-corrected chi connectivity index (χ1v) is 5.66. The Hall–Kier alpha value is -1.52. The number of hydrogen-bond donors (Lipinski definition) is 2. The second-order valence-corrected chi connectivity index (χ2v) is 4.35. The van der Waals surface area contributed by atoms with Crippen molar-refractivity contribution in [3.05, 3.63) is 0 Å². The summed E-state index contributed by atoms with van der Waals surface area (Å²) in [5, 5.41) is 14.2. The van der Waals surface area contributed by atoms with Gasteiger partial charge in [0.25, 0.3) is 0 Å². The monoisotopic (exact) mass is 325 g/mol. The van der Waals surface area contributed by atoms with Gasteiger partial charge in [0.15, 0.2) is 0 Å². The summed E-state index contributed by atoms with van der Waals surface area (Å²) in [4.78, 5) is 20.4. The molecule has 2 heterocycles. The molecule has 5 nitrogen and oxygen atoms in total. The van der Waals surface area contributed by atoms with Crippen LogP contribution >= 0.6 is 0 Å². The number of hydrogen-bond acceptors (Lipinski definition) is 3. The average Bonchev–Trinajstić information content (AvgIpc) is 2.91. The summed E-state index contributed by atoms with van der Waals surface area (Å²) in [6, 6.07) is 0. The maximum atomic E-state index is 10.6. The first-order chi connectivity index (χ1) is 9.34. The molecule has 0 amide bonds. The van der Waals surface area contributed by atoms with Crippen molar-refractivity contribution in [1.29, 1.82) is 0 Å². The minimum absolute atomic E-state index is 1.10. The van der Waals surface area contributed by atoms with Gasteiger partial charge in [0, 0.05) is 6.54 Å². The third kappa shape index (κ3) is 8.38. The van der Waals surface area contributed by atoms with Gasteiger partial charge < -0.3 is 15.1 Å². The molecular weight excluding hydrogens is 312 g/mol. The van der Waals surface area contributed by atoms with Crippen LogP contribution in [-0.2, 0) is 9.59 Å². The van der Waals surface area contributed by atoms with Crippen LogP contribution in [0.3, 0.4) is 0 Å². The van der Waals surface area contributed by atoms with E-state index >= 15 is 0 Å². The lowest BCUT2D eigenvalue weighted by Crippen LogP contribution is -2.21. The van der Waals surface area contributed by atoms with Crippen molar-refractivity contribution in [2.75, 3.05) is 19.6 Å². The highest BCUT2D eigenvalue weighted by molar-refractivity contribution is 5.73. The predicted octanol–water partition coefficient (Wildman–Crippen LogP) is 1.98. The molecule has 0 aromatic carbocycles. The van der Waals surface area contributed by atoms with Crippen molar-refractivity contribution in [3.63, 3.8) is 0 Å². The molecule has 2 bridgehead atoms. The van der Waals surface area contributed by atoms with Crippen molar-refractivity contribution < 1.29 is 46.1 Å². The van der Waals surface area contributed by atoms with Crippen LogP contribution in [0.4, 0.5) is 26.3 Å². The second-order valence-electron chi connectivity index (χ2n) is 4.35. The van der Waals surface area contributed by atoms with Gasteiger partial charge in [-0.15, -0.1) is 0 Å². The number of fused-ring (bicyclic) bond motifs is 2. The Kier molecular flexibility index (Phi) is 6.94. The molecule has 0 aliphatic carbocycles. The van der Waals surface area contributed by atoms with E-state index in [4.69, 9.17) is 19.8 Å². The van der Waals surface area contributed by atoms with Gasteiger partial charge in [0.1, 0.15) is 0 Å². The normalized spacial score (nSPS) is 23.5. The van der Waals surface area contributed by atoms with Crippen molar-refractivity contribution >= 4 is 11.9 Å². The minimum atomic E-state index is -5.08. The Labute approximate surface area is 115 Å². The number of nitrogens with zero attached hydrogens (tertiary/aromatic N) is 1. The summed E-state index contributed by atoms with van der Waals surface area (Å²) in [5.41, 5.74) is 0. The lowest BCUT2D eigenvalue weighted by Gasteiger charge is -2.09. The van der Waals surface area contributed by atoms with Gasteiger partial charge in [0.05, 0.1) is 0 Å². The van der Waals surface area contributed by atoms with Gasteiger partial charge in [-0.2, -0.15) is 26.3 Å². The van der Waals surface area contributed by atoms with E-state index in [0.29, 0.717) is 0 Å². The van der Waals surface area contributed by atoms with E-state index in [1.54, 1.807) is 0 Å². The topological polar surface area (TPSA) is 77.8 Å². The van der Waals surface area contributed by atoms with Crippen molar-refractivity contribution in [3.8, 4) is 0 Å². The number of aliphatic carboxylic acids is 2. The molecular formula is C10H13F6NO4. The first-order valence-electron chi connectivity index (χ1n) is 5.66. The van der Waals surface area contributed by atoms with Crippen molar-refractivity contribution in [2.24, 2.45) is 5.92 Å². The Morgan fingerprint density at radius 3 is 1.19 bits per heavy atom. The minimum Gasteiger partial charge on any atom is -0.475 e. The standard InChI is InChI=1S/C6H11N.2C2HF3O2/c1-3-7-4-2-6(1)5-7;2*3-2(4,5)1(6)7/h6H,1-5H2;2*(H,6,7). The highest BCUT2D eigenvalue weighted by Gasteiger charge is 2.38. The molecule has 124 valence electrons. The van der Waals surface area contributed by atoms with E-state index in [1.165, 1.54) is 32.5 Å². The lowest BCUT2D eigenvalue weighted by molar-refractivity contribution is -0.193. The molecule has 0 aromatic rings. The van der Waals surface area contributed by atoms with E-state index in [0.717, 1.165) is 5.92 Å². The SMILES string of the molecule is C1CN2CCC1C2.O=C(O)C(F)(F)F.O=C(O)C(F)(F)F. The van der Waals surface area contributed by atoms with Crippen molar-refractivity contribution in [2.45, 2.75) is 25.2 Å². The number of carboxylic acids is 2. The molecule has 0 saturated carbocycles. The fourth-order valence-corrected chi connectivity index (χ4v) is 1.72. The van der Waals surface area contributed by atoms with Gasteiger partial charge in [-0.25, -0.2) is 9.59 Å². The van der Waals surface area contributed by atoms with Crippen LogP contribution in [0.2, 0.25) is 0 Å². The van der Waals surface area contributed by atoms with Crippen LogP contribution in [0.5, 0.6) is 0 Å². The summed E-state index contributed by atoms with van der Waals surface area (Å²) >= 11 is 0. The van der Waals surface area contributed by atoms with Crippen molar-refractivity contribution in [1.82, 2.24) is 4.90 Å². The fourth-order valence-electron chi connectivity index (χ4n) is 1.72. The Balaban J connectivity index is 0.000000286. The van der Waals surface area contributed by atoms with Gasteiger partial charge in [-0.1, -0.05) is 0 Å². The number of piperidine rings is 1. The third-order valence-electron chi connectivity index (χ3n) is 2.71. The van der Waals surface area contributed by atoms with E-state index in [2.05, 4.69) is 4.90 Å². The zero-order valence-electron chi connectivity index (χ0n) is 10.5. The van der Waals surface area contributed by atoms with Crippen LogP contribution in [0.25, 0.3) is 0 Å². The molecule has 2 saturated heterocycles. The van der Waals surface area contributed by atoms with E-state index < -0.39 is 24.3 Å². The summed E-state index contributed by atoms with van der Waals surface area (Å²) in [6.07, 6.45) is -7.19. The van der Waals surface area contributed by atoms with Crippen LogP contribution in [0, 0.1) is 5.92 Å². The van der Waals surface area contributed by atoms with Gasteiger partial charge in [0.2, 0.25) is 0 Å². The first kappa shape index (κ1) is 19.5. The van der Waals surface area contributed by atoms with E-state index in [-0.39, 0.29) is 0 Å². The zero-order valence-corrected chi connectivity index (χ0v) is 10.5. The Morgan fingerprint density at radius 2 is 1.14 bits per heavy atom. The molecule has 11 heteroatoms. The number of alkyl halides is 6. The fraction of sp³-hybridized carbons (Fsp3) is 0.800. The molecule has 21 heavy (non-hydrogen) atoms. The van der Waals surface area contributed by atoms with E-state index in [1.807, 2.05) is 0 Å². The number of rotatable bonds is 0. The number of carbonyl (C=O) groups is 2. The van der Waals surface area contributed by atoms with Crippen LogP contribution in [0.15, 0.2) is 0 Å². The highest BCUT2D eigenvalue weighted by Crippen LogP contribution is 2.26. The predicted molar refractivity (Wildman–Crippen MR) is 56.5 cm³/mol. The Morgan fingerprint density at radius 1 is 0.857 bits per heavy atom. The Bertz CT molecular complexity index is 326. The lowest BCUT2D eigenvalue weighted by atomic mass is 10.1. The largest absolute Gasteiger partial charge is 0.490 e. The molecule has 2 rings (SSSR count). The third-order valence-corrected chi connectivity index (χ3v) is 2.71. The molecule has 0 atom stereocenters. The molecule has 0 aromatic heterocycles. The molecule has 2 fully saturated rings. The van der Waals surface area contributed by atoms with Crippen LogP contribution in [0.1, 0.15) is 12.8 Å². The average molecular weight is 325 g/mol. The van der Waals surface area contributed by atoms with Crippen LogP contribution < -0.4 is 0 Å². The molecule has 0 unspecified atom stereocenters. The maximum Gasteiger partial charge on any atom is 0.490 e. The second kappa shape index (κ2) is 7.48. The van der Waals surface area contributed by atoms with E-state index in [9.17, 15) is 26.3 Å². The maximum absolute atomic E-state index is 10.6. The number of halogens is 6. The summed E-state index contributed by atoms with van der Waals surface area (Å²) in [5.74, 6) is -4.42. The zero-order chi connectivity index (χ0) is 16.8. The molecule has 0 spiro atoms.